The van der Waals surface area contributed by atoms with E-state index >= 15 is 0 Å². The minimum Gasteiger partial charge on any atom is -0.208 e. The van der Waals surface area contributed by atoms with Crippen LogP contribution in [0.1, 0.15) is 0 Å². The second-order valence-electron chi connectivity index (χ2n) is 14.8. The van der Waals surface area contributed by atoms with Crippen molar-refractivity contribution in [2.75, 3.05) is 0 Å². The predicted molar refractivity (Wildman–Crippen MR) is 239 cm³/mol. The van der Waals surface area contributed by atoms with Gasteiger partial charge in [0.2, 0.25) is 0 Å². The first kappa shape index (κ1) is 33.1. The van der Waals surface area contributed by atoms with Crippen molar-refractivity contribution in [1.29, 1.82) is 0 Å². The van der Waals surface area contributed by atoms with E-state index in [0.29, 0.717) is 17.5 Å². The fourth-order valence-electron chi connectivity index (χ4n) is 8.93. The standard InChI is InChI=1S/C53H35N3Si/c1-3-14-36(15-4-1)39-26-28-41(29-27-39)52-54-51(40-18-5-2-6-19-40)55-53(56-52)47-23-13-25-49-50(47)46-22-11-12-24-48(46)57(49,44-32-30-37-16-7-9-20-42(37)34-44)45-33-31-38-17-8-10-21-43(38)35-45/h1-35H. The Morgan fingerprint density at radius 2 is 0.719 bits per heavy atom. The maximum atomic E-state index is 5.32. The molecular weight excluding hydrogens is 707 g/mol. The molecule has 0 fully saturated rings. The van der Waals surface area contributed by atoms with Gasteiger partial charge in [-0.05, 0) is 64.5 Å². The van der Waals surface area contributed by atoms with Gasteiger partial charge in [0, 0.05) is 16.7 Å². The van der Waals surface area contributed by atoms with Gasteiger partial charge >= 0.3 is 0 Å². The van der Waals surface area contributed by atoms with Crippen molar-refractivity contribution < 1.29 is 0 Å². The zero-order chi connectivity index (χ0) is 37.8. The van der Waals surface area contributed by atoms with Crippen LogP contribution in [0.5, 0.6) is 0 Å². The molecule has 0 radical (unpaired) electrons. The number of benzene rings is 9. The number of nitrogens with zero attached hydrogens (tertiary/aromatic N) is 3. The van der Waals surface area contributed by atoms with E-state index in [4.69, 9.17) is 15.0 Å². The maximum absolute atomic E-state index is 5.32. The molecular formula is C53H35N3Si. The Kier molecular flexibility index (Phi) is 7.83. The molecule has 0 atom stereocenters. The summed E-state index contributed by atoms with van der Waals surface area (Å²) in [5, 5.41) is 10.4. The van der Waals surface area contributed by atoms with Gasteiger partial charge in [-0.1, -0.05) is 212 Å². The topological polar surface area (TPSA) is 38.7 Å². The summed E-state index contributed by atoms with van der Waals surface area (Å²) in [7, 11) is -2.89. The molecule has 0 bridgehead atoms. The molecule has 0 saturated heterocycles. The molecule has 11 rings (SSSR count). The van der Waals surface area contributed by atoms with Crippen molar-refractivity contribution in [3.63, 3.8) is 0 Å². The van der Waals surface area contributed by atoms with Crippen LogP contribution in [-0.4, -0.2) is 23.0 Å². The van der Waals surface area contributed by atoms with Crippen LogP contribution in [0.4, 0.5) is 0 Å². The largest absolute Gasteiger partial charge is 0.208 e. The van der Waals surface area contributed by atoms with Crippen LogP contribution >= 0.6 is 0 Å². The summed E-state index contributed by atoms with van der Waals surface area (Å²) in [5.41, 5.74) is 7.68. The Morgan fingerprint density at radius 3 is 1.35 bits per heavy atom. The van der Waals surface area contributed by atoms with Gasteiger partial charge in [-0.15, -0.1) is 0 Å². The highest BCUT2D eigenvalue weighted by atomic mass is 28.3. The normalized spacial score (nSPS) is 12.7. The van der Waals surface area contributed by atoms with Crippen LogP contribution in [0, 0.1) is 0 Å². The average Bonchev–Trinajstić information content (AvgIpc) is 3.60. The van der Waals surface area contributed by atoms with Gasteiger partial charge in [0.25, 0.3) is 0 Å². The molecule has 1 aliphatic rings. The smallest absolute Gasteiger partial charge is 0.180 e. The lowest BCUT2D eigenvalue weighted by molar-refractivity contribution is 1.07. The van der Waals surface area contributed by atoms with Gasteiger partial charge in [0.15, 0.2) is 25.5 Å². The van der Waals surface area contributed by atoms with E-state index in [-0.39, 0.29) is 0 Å². The zero-order valence-electron chi connectivity index (χ0n) is 31.0. The third kappa shape index (κ3) is 5.45. The SMILES string of the molecule is c1ccc(-c2ccc(-c3nc(-c4ccccc4)nc(-c4cccc5c4-c4ccccc4[Si]5(c4ccc5ccccc5c4)c4ccc5ccccc5c4)n3)cc2)cc1. The van der Waals surface area contributed by atoms with Gasteiger partial charge in [-0.3, -0.25) is 0 Å². The van der Waals surface area contributed by atoms with Crippen LogP contribution in [0.25, 0.3) is 78.0 Å². The summed E-state index contributed by atoms with van der Waals surface area (Å²) < 4.78 is 0. The fraction of sp³-hybridized carbons (Fsp3) is 0. The Labute approximate surface area is 332 Å². The monoisotopic (exact) mass is 741 g/mol. The Morgan fingerprint density at radius 1 is 0.281 bits per heavy atom. The third-order valence-corrected chi connectivity index (χ3v) is 16.4. The van der Waals surface area contributed by atoms with Crippen LogP contribution < -0.4 is 20.7 Å². The Hall–Kier alpha value is -7.27. The Bertz CT molecular complexity index is 3040. The molecule has 0 aliphatic carbocycles. The molecule has 0 unspecified atom stereocenters. The van der Waals surface area contributed by atoms with E-state index in [1.54, 1.807) is 0 Å². The van der Waals surface area contributed by atoms with E-state index in [1.807, 2.05) is 24.3 Å². The number of aromatic nitrogens is 3. The first-order valence-corrected chi connectivity index (χ1v) is 21.4. The molecule has 266 valence electrons. The van der Waals surface area contributed by atoms with Gasteiger partial charge in [-0.2, -0.15) is 0 Å². The van der Waals surface area contributed by atoms with Gasteiger partial charge in [-0.25, -0.2) is 15.0 Å². The van der Waals surface area contributed by atoms with Crippen molar-refractivity contribution in [1.82, 2.24) is 15.0 Å². The van der Waals surface area contributed by atoms with Crippen molar-refractivity contribution in [2.24, 2.45) is 0 Å². The van der Waals surface area contributed by atoms with E-state index in [2.05, 4.69) is 188 Å². The molecule has 9 aromatic carbocycles. The lowest BCUT2D eigenvalue weighted by atomic mass is 9.99. The highest BCUT2D eigenvalue weighted by molar-refractivity contribution is 7.22. The third-order valence-electron chi connectivity index (χ3n) is 11.6. The summed E-state index contributed by atoms with van der Waals surface area (Å²) in [6, 6.07) is 76.8. The summed E-state index contributed by atoms with van der Waals surface area (Å²) in [6.07, 6.45) is 0. The second kappa shape index (κ2) is 13.5. The molecule has 4 heteroatoms. The zero-order valence-corrected chi connectivity index (χ0v) is 32.0. The highest BCUT2D eigenvalue weighted by Crippen LogP contribution is 2.37. The first-order chi connectivity index (χ1) is 28.2. The van der Waals surface area contributed by atoms with Crippen LogP contribution in [0.3, 0.4) is 0 Å². The molecule has 3 nitrogen and oxygen atoms in total. The molecule has 1 aliphatic heterocycles. The van der Waals surface area contributed by atoms with Crippen molar-refractivity contribution in [3.8, 4) is 56.4 Å². The van der Waals surface area contributed by atoms with Gasteiger partial charge in [0.05, 0.1) is 0 Å². The lowest BCUT2D eigenvalue weighted by Gasteiger charge is -2.32. The minimum absolute atomic E-state index is 0.648. The molecule has 1 aromatic heterocycles. The van der Waals surface area contributed by atoms with E-state index in [1.165, 1.54) is 59.0 Å². The van der Waals surface area contributed by atoms with Crippen molar-refractivity contribution in [3.05, 3.63) is 212 Å². The van der Waals surface area contributed by atoms with E-state index in [9.17, 15) is 0 Å². The molecule has 2 heterocycles. The molecule has 57 heavy (non-hydrogen) atoms. The number of hydrogen-bond donors (Lipinski definition) is 0. The number of fused-ring (bicyclic) bond motifs is 5. The maximum Gasteiger partial charge on any atom is 0.180 e. The van der Waals surface area contributed by atoms with Crippen LogP contribution in [0.2, 0.25) is 0 Å². The van der Waals surface area contributed by atoms with E-state index in [0.717, 1.165) is 22.3 Å². The van der Waals surface area contributed by atoms with Gasteiger partial charge in [0.1, 0.15) is 0 Å². The summed E-state index contributed by atoms with van der Waals surface area (Å²) in [6.45, 7) is 0. The summed E-state index contributed by atoms with van der Waals surface area (Å²) in [5.74, 6) is 1.97. The first-order valence-electron chi connectivity index (χ1n) is 19.4. The molecule has 0 spiro atoms. The van der Waals surface area contributed by atoms with Crippen LogP contribution in [-0.2, 0) is 0 Å². The molecule has 0 saturated carbocycles. The number of rotatable bonds is 6. The van der Waals surface area contributed by atoms with Gasteiger partial charge < -0.3 is 0 Å². The second-order valence-corrected chi connectivity index (χ2v) is 18.5. The predicted octanol–water partition coefficient (Wildman–Crippen LogP) is 10.2. The Balaban J connectivity index is 1.17. The average molecular weight is 742 g/mol. The molecule has 10 aromatic rings. The lowest BCUT2D eigenvalue weighted by Crippen LogP contribution is -2.72. The summed E-state index contributed by atoms with van der Waals surface area (Å²) in [4.78, 5) is 15.7. The summed E-state index contributed by atoms with van der Waals surface area (Å²) >= 11 is 0. The van der Waals surface area contributed by atoms with Crippen LogP contribution in [0.15, 0.2) is 212 Å². The van der Waals surface area contributed by atoms with Crippen molar-refractivity contribution in [2.45, 2.75) is 0 Å². The fourth-order valence-corrected chi connectivity index (χ4v) is 14.2. The number of hydrogen-bond acceptors (Lipinski definition) is 3. The minimum atomic E-state index is -2.89. The quantitative estimate of drug-likeness (QED) is 0.159. The molecule has 0 amide bonds. The van der Waals surface area contributed by atoms with E-state index < -0.39 is 8.07 Å². The molecule has 0 N–H and O–H groups in total. The van der Waals surface area contributed by atoms with Crippen molar-refractivity contribution >= 4 is 50.4 Å². The highest BCUT2D eigenvalue weighted by Gasteiger charge is 2.49.